The van der Waals surface area contributed by atoms with Crippen molar-refractivity contribution in [2.24, 2.45) is 0 Å². The molecule has 0 amide bonds. The van der Waals surface area contributed by atoms with Crippen LogP contribution in [0.5, 0.6) is 0 Å². The zero-order valence-electron chi connectivity index (χ0n) is 36.2. The van der Waals surface area contributed by atoms with E-state index in [4.69, 9.17) is 28.4 Å². The van der Waals surface area contributed by atoms with Gasteiger partial charge in [-0.05, 0) is 51.4 Å². The lowest BCUT2D eigenvalue weighted by Gasteiger charge is -2.42. The third-order valence-electron chi connectivity index (χ3n) is 10.6. The van der Waals surface area contributed by atoms with E-state index in [-0.39, 0.29) is 19.4 Å². The fourth-order valence-electron chi connectivity index (χ4n) is 6.81. The maximum Gasteiger partial charge on any atom is 0.306 e. The van der Waals surface area contributed by atoms with E-state index < -0.39 is 99.3 Å². The summed E-state index contributed by atoms with van der Waals surface area (Å²) in [6.07, 6.45) is 14.9. The number of allylic oxidation sites excluding steroid dienone is 6. The lowest BCUT2D eigenvalue weighted by atomic mass is 9.98. The van der Waals surface area contributed by atoms with Gasteiger partial charge in [0.15, 0.2) is 18.7 Å². The molecule has 2 fully saturated rings. The van der Waals surface area contributed by atoms with Gasteiger partial charge in [0.1, 0.15) is 55.4 Å². The number of rotatable bonds is 33. The molecule has 2 aliphatic rings. The first-order chi connectivity index (χ1) is 29.0. The predicted molar refractivity (Wildman–Crippen MR) is 224 cm³/mol. The van der Waals surface area contributed by atoms with E-state index in [1.807, 2.05) is 0 Å². The maximum absolute atomic E-state index is 12.9. The van der Waals surface area contributed by atoms with Gasteiger partial charge in [-0.2, -0.15) is 0 Å². The number of aliphatic hydroxyl groups is 7. The number of carbonyl (C=O) groups is 2. The second kappa shape index (κ2) is 33.3. The second-order valence-corrected chi connectivity index (χ2v) is 15.9. The standard InChI is InChI=1S/C45H78O15/c1-3-5-7-9-11-13-14-15-16-17-18-20-22-24-26-28-37(48)58-33(30-55-36(47)27-25-23-21-19-12-10-8-6-4-2)31-56-44-43(54)41(52)39(50)35(60-44)32-57-45-42(53)40(51)38(49)34(29-46)59-45/h11,13,15-16,18,20,33-35,38-46,49-54H,3-10,12,14,17,19,21-32H2,1-2H3/b13-11+,16-15+,20-18+/t33-,34-,35-,38+,39+,40?,41?,42?,43?,44-,45-/m1/s1. The van der Waals surface area contributed by atoms with Gasteiger partial charge in [-0.15, -0.1) is 0 Å². The molecule has 0 aromatic heterocycles. The molecule has 0 aromatic carbocycles. The van der Waals surface area contributed by atoms with Gasteiger partial charge in [-0.1, -0.05) is 115 Å². The van der Waals surface area contributed by atoms with Crippen molar-refractivity contribution in [3.63, 3.8) is 0 Å². The maximum atomic E-state index is 12.9. The van der Waals surface area contributed by atoms with Gasteiger partial charge in [0.05, 0.1) is 19.8 Å². The minimum atomic E-state index is -1.77. The van der Waals surface area contributed by atoms with E-state index in [1.54, 1.807) is 0 Å². The van der Waals surface area contributed by atoms with Crippen molar-refractivity contribution in [3.05, 3.63) is 36.5 Å². The molecule has 2 rings (SSSR count). The van der Waals surface area contributed by atoms with Gasteiger partial charge in [0, 0.05) is 12.8 Å². The van der Waals surface area contributed by atoms with E-state index in [0.717, 1.165) is 51.4 Å². The Morgan fingerprint density at radius 2 is 1.00 bits per heavy atom. The Morgan fingerprint density at radius 1 is 0.533 bits per heavy atom. The Balaban J connectivity index is 1.88. The molecule has 0 spiro atoms. The molecule has 60 heavy (non-hydrogen) atoms. The van der Waals surface area contributed by atoms with Crippen LogP contribution in [0.4, 0.5) is 0 Å². The normalized spacial score (nSPS) is 27.9. The molecule has 0 aromatic rings. The number of unbranched alkanes of at least 4 members (excludes halogenated alkanes) is 13. The lowest BCUT2D eigenvalue weighted by Crippen LogP contribution is -2.61. The van der Waals surface area contributed by atoms with E-state index in [1.165, 1.54) is 51.4 Å². The zero-order chi connectivity index (χ0) is 44.0. The Hall–Kier alpha value is -2.28. The summed E-state index contributed by atoms with van der Waals surface area (Å²) in [7, 11) is 0. The third kappa shape index (κ3) is 22.2. The highest BCUT2D eigenvalue weighted by Crippen LogP contribution is 2.26. The highest BCUT2D eigenvalue weighted by Gasteiger charge is 2.47. The Bertz CT molecular complexity index is 1200. The highest BCUT2D eigenvalue weighted by atomic mass is 16.7. The minimum Gasteiger partial charge on any atom is -0.462 e. The fraction of sp³-hybridized carbons (Fsp3) is 0.822. The van der Waals surface area contributed by atoms with Crippen LogP contribution < -0.4 is 0 Å². The summed E-state index contributed by atoms with van der Waals surface area (Å²) in [5.74, 6) is -0.975. The van der Waals surface area contributed by atoms with Gasteiger partial charge >= 0.3 is 11.9 Å². The molecular formula is C45H78O15. The highest BCUT2D eigenvalue weighted by molar-refractivity contribution is 5.70. The van der Waals surface area contributed by atoms with Crippen molar-refractivity contribution in [1.29, 1.82) is 0 Å². The van der Waals surface area contributed by atoms with Crippen LogP contribution in [0, 0.1) is 0 Å². The monoisotopic (exact) mass is 859 g/mol. The lowest BCUT2D eigenvalue weighted by molar-refractivity contribution is -0.332. The van der Waals surface area contributed by atoms with Crippen molar-refractivity contribution in [2.45, 2.75) is 210 Å². The van der Waals surface area contributed by atoms with Crippen molar-refractivity contribution >= 4 is 11.9 Å². The van der Waals surface area contributed by atoms with Gasteiger partial charge < -0.3 is 64.2 Å². The first kappa shape index (κ1) is 53.9. The summed E-state index contributed by atoms with van der Waals surface area (Å²) in [5, 5.41) is 71.8. The van der Waals surface area contributed by atoms with E-state index in [2.05, 4.69) is 50.3 Å². The number of aliphatic hydroxyl groups excluding tert-OH is 7. The molecule has 15 nitrogen and oxygen atoms in total. The molecule has 2 heterocycles. The van der Waals surface area contributed by atoms with E-state index >= 15 is 0 Å². The minimum absolute atomic E-state index is 0.117. The molecule has 0 bridgehead atoms. The van der Waals surface area contributed by atoms with Crippen LogP contribution in [-0.2, 0) is 38.0 Å². The van der Waals surface area contributed by atoms with E-state index in [0.29, 0.717) is 12.8 Å². The van der Waals surface area contributed by atoms with Crippen molar-refractivity contribution < 1.29 is 73.8 Å². The number of hydrogen-bond acceptors (Lipinski definition) is 15. The summed E-state index contributed by atoms with van der Waals surface area (Å²) in [6, 6.07) is 0. The Kier molecular flexibility index (Phi) is 29.9. The van der Waals surface area contributed by atoms with Gasteiger partial charge in [0.2, 0.25) is 0 Å². The molecule has 15 heteroatoms. The summed E-state index contributed by atoms with van der Waals surface area (Å²) >= 11 is 0. The SMILES string of the molecule is CCCCC/C=C/C/C=C/C/C=C/CCCCC(=O)O[C@H](COC(=O)CCCCCCCCCCC)CO[C@@H]1O[C@H](CO[C@@H]2O[C@H](CO)[C@H](O)C(O)C2O)[C@H](O)C(O)C1O. The van der Waals surface area contributed by atoms with Crippen molar-refractivity contribution in [1.82, 2.24) is 0 Å². The Morgan fingerprint density at radius 3 is 1.60 bits per heavy atom. The molecule has 11 atom stereocenters. The van der Waals surface area contributed by atoms with Crippen molar-refractivity contribution in [3.8, 4) is 0 Å². The smallest absolute Gasteiger partial charge is 0.306 e. The average molecular weight is 859 g/mol. The topological polar surface area (TPSA) is 231 Å². The molecule has 2 aliphatic heterocycles. The Labute approximate surface area is 357 Å². The predicted octanol–water partition coefficient (Wildman–Crippen LogP) is 4.59. The molecular weight excluding hydrogens is 780 g/mol. The van der Waals surface area contributed by atoms with Gasteiger partial charge in [0.25, 0.3) is 0 Å². The van der Waals surface area contributed by atoms with Crippen LogP contribution in [0.3, 0.4) is 0 Å². The van der Waals surface area contributed by atoms with Crippen molar-refractivity contribution in [2.75, 3.05) is 26.4 Å². The summed E-state index contributed by atoms with van der Waals surface area (Å²) in [5.41, 5.74) is 0. The zero-order valence-corrected chi connectivity index (χ0v) is 36.2. The number of carbonyl (C=O) groups excluding carboxylic acids is 2. The largest absolute Gasteiger partial charge is 0.462 e. The molecule has 0 radical (unpaired) electrons. The molecule has 348 valence electrons. The fourth-order valence-corrected chi connectivity index (χ4v) is 6.81. The number of hydrogen-bond donors (Lipinski definition) is 7. The van der Waals surface area contributed by atoms with E-state index in [9.17, 15) is 45.3 Å². The van der Waals surface area contributed by atoms with Gasteiger partial charge in [-0.25, -0.2) is 0 Å². The van der Waals surface area contributed by atoms with Crippen LogP contribution in [0.15, 0.2) is 36.5 Å². The number of ether oxygens (including phenoxy) is 6. The van der Waals surface area contributed by atoms with Crippen LogP contribution in [0.1, 0.15) is 142 Å². The summed E-state index contributed by atoms with van der Waals surface area (Å²) in [4.78, 5) is 25.5. The quantitative estimate of drug-likeness (QED) is 0.0272. The molecule has 7 N–H and O–H groups in total. The third-order valence-corrected chi connectivity index (χ3v) is 10.6. The number of esters is 2. The molecule has 0 aliphatic carbocycles. The molecule has 4 unspecified atom stereocenters. The average Bonchev–Trinajstić information content (AvgIpc) is 3.24. The summed E-state index contributed by atoms with van der Waals surface area (Å²) in [6.45, 7) is 2.46. The van der Waals surface area contributed by atoms with Crippen LogP contribution >= 0.6 is 0 Å². The molecule has 0 saturated carbocycles. The van der Waals surface area contributed by atoms with Crippen LogP contribution in [-0.4, -0.2) is 142 Å². The van der Waals surface area contributed by atoms with Crippen LogP contribution in [0.2, 0.25) is 0 Å². The summed E-state index contributed by atoms with van der Waals surface area (Å²) < 4.78 is 33.3. The first-order valence-electron chi connectivity index (χ1n) is 22.6. The first-order valence-corrected chi connectivity index (χ1v) is 22.6. The second-order valence-electron chi connectivity index (χ2n) is 15.9. The molecule has 2 saturated heterocycles. The van der Waals surface area contributed by atoms with Gasteiger partial charge in [-0.3, -0.25) is 9.59 Å². The van der Waals surface area contributed by atoms with Crippen LogP contribution in [0.25, 0.3) is 0 Å².